The van der Waals surface area contributed by atoms with Crippen molar-refractivity contribution in [2.75, 3.05) is 31.7 Å². The zero-order valence-corrected chi connectivity index (χ0v) is 12.1. The first kappa shape index (κ1) is 15.0. The normalized spacial score (nSPS) is 17.7. The summed E-state index contributed by atoms with van der Waals surface area (Å²) in [6.07, 6.45) is 0.952. The Morgan fingerprint density at radius 1 is 1.52 bits per heavy atom. The molecule has 0 bridgehead atoms. The van der Waals surface area contributed by atoms with Crippen molar-refractivity contribution in [3.63, 3.8) is 0 Å². The maximum atomic E-state index is 10.9. The van der Waals surface area contributed by atoms with Crippen LogP contribution in [0.4, 0.5) is 5.69 Å². The molecule has 0 saturated heterocycles. The summed E-state index contributed by atoms with van der Waals surface area (Å²) in [5, 5.41) is 8.90. The van der Waals surface area contributed by atoms with Crippen molar-refractivity contribution in [3.05, 3.63) is 36.3 Å². The molecule has 21 heavy (non-hydrogen) atoms. The Bertz CT molecular complexity index is 529. The van der Waals surface area contributed by atoms with Crippen molar-refractivity contribution >= 4 is 11.7 Å². The van der Waals surface area contributed by atoms with Crippen LogP contribution in [0.3, 0.4) is 0 Å². The maximum absolute atomic E-state index is 10.9. The van der Waals surface area contributed by atoms with Gasteiger partial charge in [0.05, 0.1) is 18.8 Å². The Kier molecular flexibility index (Phi) is 4.92. The van der Waals surface area contributed by atoms with Gasteiger partial charge in [-0.2, -0.15) is 0 Å². The lowest BCUT2D eigenvalue weighted by molar-refractivity contribution is -0.136. The fourth-order valence-corrected chi connectivity index (χ4v) is 2.11. The van der Waals surface area contributed by atoms with E-state index in [1.165, 1.54) is 0 Å². The number of benzene rings is 1. The van der Waals surface area contributed by atoms with Crippen molar-refractivity contribution in [1.29, 1.82) is 0 Å². The molecule has 0 radical (unpaired) electrons. The predicted molar refractivity (Wildman–Crippen MR) is 77.4 cm³/mol. The first-order chi connectivity index (χ1) is 10.1. The molecule has 0 aromatic heterocycles. The third kappa shape index (κ3) is 3.81. The minimum Gasteiger partial charge on any atom is -0.493 e. The SMILES string of the molecule is CCO/C(=C/OCC1CN(C)c2ccccc2O1)C(=O)O. The maximum Gasteiger partial charge on any atom is 0.374 e. The van der Waals surface area contributed by atoms with Crippen molar-refractivity contribution in [1.82, 2.24) is 0 Å². The van der Waals surface area contributed by atoms with Crippen LogP contribution in [-0.2, 0) is 14.3 Å². The second-order valence-electron chi connectivity index (χ2n) is 4.64. The lowest BCUT2D eigenvalue weighted by atomic mass is 10.2. The standard InChI is InChI=1S/C15H19NO5/c1-3-20-14(15(17)18)10-19-9-11-8-16(2)12-6-4-5-7-13(12)21-11/h4-7,10-11H,3,8-9H2,1-2H3,(H,17,18)/b14-10+. The van der Waals surface area contributed by atoms with Crippen LogP contribution in [0, 0.1) is 0 Å². The van der Waals surface area contributed by atoms with Gasteiger partial charge in [0.1, 0.15) is 24.7 Å². The molecule has 0 fully saturated rings. The number of carboxylic acids is 1. The smallest absolute Gasteiger partial charge is 0.374 e. The Hall–Kier alpha value is -2.37. The third-order valence-corrected chi connectivity index (χ3v) is 3.03. The van der Waals surface area contributed by atoms with Gasteiger partial charge in [0.2, 0.25) is 5.76 Å². The van der Waals surface area contributed by atoms with Gasteiger partial charge in [-0.15, -0.1) is 0 Å². The molecule has 0 aliphatic carbocycles. The van der Waals surface area contributed by atoms with E-state index in [2.05, 4.69) is 4.90 Å². The van der Waals surface area contributed by atoms with E-state index in [1.807, 2.05) is 31.3 Å². The van der Waals surface area contributed by atoms with Gasteiger partial charge in [0.15, 0.2) is 0 Å². The number of aliphatic carboxylic acids is 1. The summed E-state index contributed by atoms with van der Waals surface area (Å²) in [4.78, 5) is 13.0. The summed E-state index contributed by atoms with van der Waals surface area (Å²) >= 11 is 0. The summed E-state index contributed by atoms with van der Waals surface area (Å²) in [6.45, 7) is 2.91. The summed E-state index contributed by atoms with van der Waals surface area (Å²) in [6, 6.07) is 7.76. The number of nitrogens with zero attached hydrogens (tertiary/aromatic N) is 1. The van der Waals surface area contributed by atoms with E-state index in [-0.39, 0.29) is 25.1 Å². The van der Waals surface area contributed by atoms with Gasteiger partial charge in [-0.25, -0.2) is 4.79 Å². The van der Waals surface area contributed by atoms with Gasteiger partial charge in [-0.3, -0.25) is 0 Å². The van der Waals surface area contributed by atoms with Crippen LogP contribution in [0.5, 0.6) is 5.75 Å². The molecule has 1 atom stereocenters. The molecule has 6 nitrogen and oxygen atoms in total. The largest absolute Gasteiger partial charge is 0.493 e. The highest BCUT2D eigenvalue weighted by Crippen LogP contribution is 2.31. The average Bonchev–Trinajstić information content (AvgIpc) is 2.46. The number of anilines is 1. The molecule has 1 unspecified atom stereocenters. The topological polar surface area (TPSA) is 68.2 Å². The highest BCUT2D eigenvalue weighted by Gasteiger charge is 2.23. The van der Waals surface area contributed by atoms with Gasteiger partial charge >= 0.3 is 5.97 Å². The molecule has 2 rings (SSSR count). The number of hydrogen-bond donors (Lipinski definition) is 1. The average molecular weight is 293 g/mol. The number of fused-ring (bicyclic) bond motifs is 1. The number of hydrogen-bond acceptors (Lipinski definition) is 5. The predicted octanol–water partition coefficient (Wildman–Crippen LogP) is 1.86. The van der Waals surface area contributed by atoms with E-state index in [0.29, 0.717) is 6.54 Å². The van der Waals surface area contributed by atoms with Crippen LogP contribution in [-0.4, -0.2) is 44.0 Å². The number of carboxylic acid groups (broad SMARTS) is 1. The van der Waals surface area contributed by atoms with E-state index in [4.69, 9.17) is 19.3 Å². The molecule has 1 aliphatic rings. The Morgan fingerprint density at radius 2 is 2.29 bits per heavy atom. The molecule has 0 saturated carbocycles. The zero-order chi connectivity index (χ0) is 15.2. The van der Waals surface area contributed by atoms with Gasteiger partial charge in [0, 0.05) is 7.05 Å². The Labute approximate surface area is 123 Å². The summed E-state index contributed by atoms with van der Waals surface area (Å²) in [5.41, 5.74) is 1.03. The highest BCUT2D eigenvalue weighted by molar-refractivity contribution is 5.83. The molecule has 0 amide bonds. The van der Waals surface area contributed by atoms with Gasteiger partial charge in [-0.05, 0) is 19.1 Å². The molecule has 6 heteroatoms. The lowest BCUT2D eigenvalue weighted by Gasteiger charge is -2.33. The summed E-state index contributed by atoms with van der Waals surface area (Å²) in [7, 11) is 1.98. The van der Waals surface area contributed by atoms with E-state index in [9.17, 15) is 4.79 Å². The minimum atomic E-state index is -1.15. The fraction of sp³-hybridized carbons (Fsp3) is 0.400. The quantitative estimate of drug-likeness (QED) is 0.638. The highest BCUT2D eigenvalue weighted by atomic mass is 16.5. The summed E-state index contributed by atoms with van der Waals surface area (Å²) < 4.78 is 16.1. The first-order valence-corrected chi connectivity index (χ1v) is 6.76. The number of carbonyl (C=O) groups is 1. The molecular formula is C15H19NO5. The van der Waals surface area contributed by atoms with Crippen molar-refractivity contribution < 1.29 is 24.1 Å². The fourth-order valence-electron chi connectivity index (χ4n) is 2.11. The third-order valence-electron chi connectivity index (χ3n) is 3.03. The summed E-state index contributed by atoms with van der Waals surface area (Å²) in [5.74, 6) is -0.557. The van der Waals surface area contributed by atoms with Crippen LogP contribution in [0.1, 0.15) is 6.92 Å². The second-order valence-corrected chi connectivity index (χ2v) is 4.64. The molecule has 1 aromatic rings. The van der Waals surface area contributed by atoms with Crippen LogP contribution >= 0.6 is 0 Å². The first-order valence-electron chi connectivity index (χ1n) is 6.76. The van der Waals surface area contributed by atoms with Crippen molar-refractivity contribution in [3.8, 4) is 5.75 Å². The van der Waals surface area contributed by atoms with Crippen LogP contribution in [0.25, 0.3) is 0 Å². The van der Waals surface area contributed by atoms with E-state index in [1.54, 1.807) is 6.92 Å². The number of ether oxygens (including phenoxy) is 3. The monoisotopic (exact) mass is 293 g/mol. The molecule has 1 aliphatic heterocycles. The second kappa shape index (κ2) is 6.88. The lowest BCUT2D eigenvalue weighted by Crippen LogP contribution is -2.40. The molecule has 114 valence electrons. The Morgan fingerprint density at radius 3 is 3.00 bits per heavy atom. The molecule has 0 spiro atoms. The number of para-hydroxylation sites is 2. The van der Waals surface area contributed by atoms with E-state index in [0.717, 1.165) is 17.7 Å². The van der Waals surface area contributed by atoms with Gasteiger partial charge in [-0.1, -0.05) is 12.1 Å². The molecule has 1 aromatic carbocycles. The minimum absolute atomic E-state index is 0.169. The number of likely N-dealkylation sites (N-methyl/N-ethyl adjacent to an activating group) is 1. The van der Waals surface area contributed by atoms with Crippen molar-refractivity contribution in [2.24, 2.45) is 0 Å². The van der Waals surface area contributed by atoms with Crippen LogP contribution in [0.15, 0.2) is 36.3 Å². The van der Waals surface area contributed by atoms with Crippen molar-refractivity contribution in [2.45, 2.75) is 13.0 Å². The molecule has 1 N–H and O–H groups in total. The van der Waals surface area contributed by atoms with E-state index >= 15 is 0 Å². The number of rotatable bonds is 6. The van der Waals surface area contributed by atoms with Crippen LogP contribution < -0.4 is 9.64 Å². The van der Waals surface area contributed by atoms with Gasteiger partial charge in [0.25, 0.3) is 0 Å². The molecule has 1 heterocycles. The van der Waals surface area contributed by atoms with Gasteiger partial charge < -0.3 is 24.2 Å². The van der Waals surface area contributed by atoms with Crippen LogP contribution in [0.2, 0.25) is 0 Å². The zero-order valence-electron chi connectivity index (χ0n) is 12.1. The van der Waals surface area contributed by atoms with E-state index < -0.39 is 5.97 Å². The molecular weight excluding hydrogens is 274 g/mol. The Balaban J connectivity index is 1.93.